The van der Waals surface area contributed by atoms with Gasteiger partial charge < -0.3 is 4.74 Å². The van der Waals surface area contributed by atoms with Gasteiger partial charge in [0.2, 0.25) is 0 Å². The quantitative estimate of drug-likeness (QED) is 0.621. The first-order valence-corrected chi connectivity index (χ1v) is 6.72. The number of rotatable bonds is 5. The molecule has 0 aromatic heterocycles. The average Bonchev–Trinajstić information content (AvgIpc) is 2.46. The molecule has 0 amide bonds. The molecule has 2 aromatic carbocycles. The molecule has 0 unspecified atom stereocenters. The normalized spacial score (nSPS) is 10.4. The molecule has 0 aliphatic rings. The minimum atomic E-state index is -0.0169. The number of ether oxygens (including phenoxy) is 1. The van der Waals surface area contributed by atoms with Crippen molar-refractivity contribution < 1.29 is 14.3 Å². The third-order valence-corrected chi connectivity index (χ3v) is 3.60. The van der Waals surface area contributed by atoms with Gasteiger partial charge in [-0.15, -0.1) is 0 Å². The summed E-state index contributed by atoms with van der Waals surface area (Å²) in [5, 5.41) is 1.69. The summed E-state index contributed by atoms with van der Waals surface area (Å²) in [6.45, 7) is 7.25. The van der Waals surface area contributed by atoms with Gasteiger partial charge in [0.25, 0.3) is 0 Å². The fourth-order valence-corrected chi connectivity index (χ4v) is 2.35. The molecule has 0 saturated carbocycles. The number of carbonyl (C=O) groups is 2. The Morgan fingerprint density at radius 1 is 1.29 bits per heavy atom. The zero-order chi connectivity index (χ0) is 15.6. The van der Waals surface area contributed by atoms with Gasteiger partial charge in [-0.2, -0.15) is 0 Å². The molecular formula is C18H18O3. The maximum absolute atomic E-state index is 11.9. The van der Waals surface area contributed by atoms with Crippen molar-refractivity contribution in [3.8, 4) is 5.75 Å². The third-order valence-electron chi connectivity index (χ3n) is 3.60. The molecule has 0 bridgehead atoms. The lowest BCUT2D eigenvalue weighted by molar-refractivity contribution is -0.114. The number of benzene rings is 2. The molecule has 0 heterocycles. The van der Waals surface area contributed by atoms with Crippen LogP contribution < -0.4 is 4.74 Å². The Balaban J connectivity index is 2.67. The molecule has 0 radical (unpaired) electrons. The Labute approximate surface area is 124 Å². The van der Waals surface area contributed by atoms with Crippen molar-refractivity contribution >= 4 is 22.8 Å². The van der Waals surface area contributed by atoms with Gasteiger partial charge >= 0.3 is 0 Å². The summed E-state index contributed by atoms with van der Waals surface area (Å²) in [4.78, 5) is 23.2. The molecule has 3 heteroatoms. The van der Waals surface area contributed by atoms with Crippen molar-refractivity contribution in [1.29, 1.82) is 0 Å². The molecule has 0 fully saturated rings. The number of allylic oxidation sites excluding steroid dienone is 1. The molecule has 0 saturated heterocycles. The van der Waals surface area contributed by atoms with E-state index in [9.17, 15) is 9.59 Å². The first kappa shape index (κ1) is 15.0. The van der Waals surface area contributed by atoms with Crippen LogP contribution in [-0.2, 0) is 11.2 Å². The van der Waals surface area contributed by atoms with E-state index >= 15 is 0 Å². The molecule has 2 aromatic rings. The first-order valence-electron chi connectivity index (χ1n) is 6.72. The summed E-state index contributed by atoms with van der Waals surface area (Å²) in [5.41, 5.74) is 2.88. The van der Waals surface area contributed by atoms with E-state index in [1.54, 1.807) is 14.0 Å². The number of methoxy groups -OCH3 is 1. The summed E-state index contributed by atoms with van der Waals surface area (Å²) in [7, 11) is 1.58. The lowest BCUT2D eigenvalue weighted by atomic mass is 9.95. The number of aldehydes is 1. The second-order valence-electron chi connectivity index (χ2n) is 5.19. The smallest absolute Gasteiger partial charge is 0.162 e. The Hall–Kier alpha value is -2.42. The maximum atomic E-state index is 11.9. The van der Waals surface area contributed by atoms with Crippen LogP contribution in [0, 0.1) is 6.92 Å². The van der Waals surface area contributed by atoms with Gasteiger partial charge in [0, 0.05) is 17.4 Å². The number of ketones is 1. The number of fused-ring (bicyclic) bond motifs is 1. The van der Waals surface area contributed by atoms with Gasteiger partial charge in [0.15, 0.2) is 12.1 Å². The fourth-order valence-electron chi connectivity index (χ4n) is 2.35. The highest BCUT2D eigenvalue weighted by molar-refractivity contribution is 6.03. The number of aryl methyl sites for hydroxylation is 1. The van der Waals surface area contributed by atoms with E-state index in [0.717, 1.165) is 28.2 Å². The van der Waals surface area contributed by atoms with Crippen LogP contribution in [0.3, 0.4) is 0 Å². The summed E-state index contributed by atoms with van der Waals surface area (Å²) in [6.07, 6.45) is 1.11. The molecule has 0 spiro atoms. The van der Waals surface area contributed by atoms with Crippen LogP contribution in [0.5, 0.6) is 5.75 Å². The second kappa shape index (κ2) is 5.92. The van der Waals surface area contributed by atoms with Crippen LogP contribution >= 0.6 is 0 Å². The van der Waals surface area contributed by atoms with Crippen molar-refractivity contribution in [1.82, 2.24) is 0 Å². The van der Waals surface area contributed by atoms with E-state index in [2.05, 4.69) is 6.58 Å². The van der Waals surface area contributed by atoms with Crippen molar-refractivity contribution in [3.05, 3.63) is 53.1 Å². The van der Waals surface area contributed by atoms with Crippen molar-refractivity contribution in [2.45, 2.75) is 20.3 Å². The van der Waals surface area contributed by atoms with Crippen LogP contribution in [0.15, 0.2) is 36.4 Å². The van der Waals surface area contributed by atoms with Gasteiger partial charge in [-0.25, -0.2) is 0 Å². The SMILES string of the molecule is C=C(C)C(=O)Cc1cc(OC)c2ccc(C)c(C=O)c2c1. The Morgan fingerprint density at radius 3 is 2.57 bits per heavy atom. The van der Waals surface area contributed by atoms with Gasteiger partial charge in [-0.3, -0.25) is 9.59 Å². The van der Waals surface area contributed by atoms with E-state index in [1.807, 2.05) is 31.2 Å². The van der Waals surface area contributed by atoms with E-state index < -0.39 is 0 Å². The second-order valence-corrected chi connectivity index (χ2v) is 5.19. The largest absolute Gasteiger partial charge is 0.496 e. The lowest BCUT2D eigenvalue weighted by Crippen LogP contribution is -2.04. The monoisotopic (exact) mass is 282 g/mol. The van der Waals surface area contributed by atoms with Gasteiger partial charge in [-0.05, 0) is 48.1 Å². The first-order chi connectivity index (χ1) is 9.97. The van der Waals surface area contributed by atoms with E-state index in [4.69, 9.17) is 4.74 Å². The zero-order valence-corrected chi connectivity index (χ0v) is 12.5. The van der Waals surface area contributed by atoms with E-state index in [-0.39, 0.29) is 12.2 Å². The average molecular weight is 282 g/mol. The van der Waals surface area contributed by atoms with Gasteiger partial charge in [0.1, 0.15) is 5.75 Å². The maximum Gasteiger partial charge on any atom is 0.162 e. The topological polar surface area (TPSA) is 43.4 Å². The zero-order valence-electron chi connectivity index (χ0n) is 12.5. The fraction of sp³-hybridized carbons (Fsp3) is 0.222. The van der Waals surface area contributed by atoms with Crippen LogP contribution in [0.1, 0.15) is 28.4 Å². The molecule has 3 nitrogen and oxygen atoms in total. The van der Waals surface area contributed by atoms with Crippen molar-refractivity contribution in [2.24, 2.45) is 0 Å². The van der Waals surface area contributed by atoms with Crippen molar-refractivity contribution in [2.75, 3.05) is 7.11 Å². The summed E-state index contributed by atoms with van der Waals surface area (Å²) >= 11 is 0. The van der Waals surface area contributed by atoms with Crippen molar-refractivity contribution in [3.63, 3.8) is 0 Å². The Morgan fingerprint density at radius 2 is 2.00 bits per heavy atom. The minimum Gasteiger partial charge on any atom is -0.496 e. The highest BCUT2D eigenvalue weighted by atomic mass is 16.5. The van der Waals surface area contributed by atoms with Crippen LogP contribution in [0.25, 0.3) is 10.8 Å². The number of hydrogen-bond donors (Lipinski definition) is 0. The predicted molar refractivity (Wildman–Crippen MR) is 84.1 cm³/mol. The number of hydrogen-bond acceptors (Lipinski definition) is 3. The Bertz CT molecular complexity index is 742. The summed E-state index contributed by atoms with van der Waals surface area (Å²) < 4.78 is 5.40. The molecule has 0 N–H and O–H groups in total. The molecule has 0 aliphatic heterocycles. The summed E-state index contributed by atoms with van der Waals surface area (Å²) in [5.74, 6) is 0.650. The minimum absolute atomic E-state index is 0.0169. The van der Waals surface area contributed by atoms with Crippen LogP contribution in [0.2, 0.25) is 0 Å². The molecule has 2 rings (SSSR count). The third kappa shape index (κ3) is 2.87. The molecule has 0 aliphatic carbocycles. The molecular weight excluding hydrogens is 264 g/mol. The van der Waals surface area contributed by atoms with Gasteiger partial charge in [-0.1, -0.05) is 18.7 Å². The molecule has 21 heavy (non-hydrogen) atoms. The van der Waals surface area contributed by atoms with Crippen LogP contribution in [-0.4, -0.2) is 19.2 Å². The number of Topliss-reactive ketones (excluding diaryl/α,β-unsaturated/α-hetero) is 1. The van der Waals surface area contributed by atoms with Crippen LogP contribution in [0.4, 0.5) is 0 Å². The number of carbonyl (C=O) groups excluding carboxylic acids is 2. The highest BCUT2D eigenvalue weighted by Gasteiger charge is 2.12. The predicted octanol–water partition coefficient (Wildman–Crippen LogP) is 3.66. The lowest BCUT2D eigenvalue weighted by Gasteiger charge is -2.12. The highest BCUT2D eigenvalue weighted by Crippen LogP contribution is 2.31. The van der Waals surface area contributed by atoms with E-state index in [0.29, 0.717) is 16.9 Å². The molecule has 0 atom stereocenters. The van der Waals surface area contributed by atoms with Gasteiger partial charge in [0.05, 0.1) is 7.11 Å². The standard InChI is InChI=1S/C18H18O3/c1-11(2)17(20)8-13-7-15-14(18(9-13)21-4)6-5-12(3)16(15)10-19/h5-7,9-10H,1,8H2,2-4H3. The Kier molecular flexibility index (Phi) is 4.22. The van der Waals surface area contributed by atoms with E-state index in [1.165, 1.54) is 0 Å². The molecule has 108 valence electrons. The summed E-state index contributed by atoms with van der Waals surface area (Å²) in [6, 6.07) is 7.55.